The predicted molar refractivity (Wildman–Crippen MR) is 70.7 cm³/mol. The third-order valence-electron chi connectivity index (χ3n) is 2.84. The average molecular weight is 273 g/mol. The number of oxazole rings is 1. The Hall–Kier alpha value is -2.08. The van der Waals surface area contributed by atoms with Gasteiger partial charge in [0.25, 0.3) is 5.22 Å². The van der Waals surface area contributed by atoms with Gasteiger partial charge in [0.05, 0.1) is 5.69 Å². The van der Waals surface area contributed by atoms with Crippen LogP contribution in [0.15, 0.2) is 39.1 Å². The van der Waals surface area contributed by atoms with E-state index in [-0.39, 0.29) is 0 Å². The molecule has 19 heavy (non-hydrogen) atoms. The minimum Gasteiger partial charge on any atom is -0.436 e. The third-order valence-corrected chi connectivity index (χ3v) is 3.68. The fourth-order valence-electron chi connectivity index (χ4n) is 1.75. The summed E-state index contributed by atoms with van der Waals surface area (Å²) in [5, 5.41) is 1.10. The van der Waals surface area contributed by atoms with E-state index in [1.807, 2.05) is 38.2 Å². The van der Waals surface area contributed by atoms with Gasteiger partial charge in [0.15, 0.2) is 6.29 Å². The van der Waals surface area contributed by atoms with E-state index < -0.39 is 0 Å². The van der Waals surface area contributed by atoms with E-state index in [1.165, 1.54) is 11.8 Å². The highest BCUT2D eigenvalue weighted by Gasteiger charge is 2.16. The van der Waals surface area contributed by atoms with Gasteiger partial charge in [-0.05, 0) is 37.7 Å². The Morgan fingerprint density at radius 3 is 2.84 bits per heavy atom. The van der Waals surface area contributed by atoms with E-state index in [2.05, 4.69) is 9.97 Å². The van der Waals surface area contributed by atoms with Crippen LogP contribution in [0.4, 0.5) is 0 Å². The first-order valence-electron chi connectivity index (χ1n) is 5.73. The maximum absolute atomic E-state index is 11.2. The zero-order chi connectivity index (χ0) is 13.4. The van der Waals surface area contributed by atoms with Crippen molar-refractivity contribution in [3.63, 3.8) is 0 Å². The van der Waals surface area contributed by atoms with Crippen molar-refractivity contribution < 1.29 is 9.21 Å². The largest absolute Gasteiger partial charge is 0.436 e. The summed E-state index contributed by atoms with van der Waals surface area (Å²) < 4.78 is 7.25. The molecule has 5 nitrogen and oxygen atoms in total. The van der Waals surface area contributed by atoms with Crippen LogP contribution in [0.5, 0.6) is 0 Å². The summed E-state index contributed by atoms with van der Waals surface area (Å²) in [5.41, 5.74) is 2.08. The Morgan fingerprint density at radius 1 is 1.32 bits per heavy atom. The van der Waals surface area contributed by atoms with Crippen LogP contribution in [0, 0.1) is 13.8 Å². The lowest BCUT2D eigenvalue weighted by Crippen LogP contribution is -1.90. The molecule has 0 N–H and O–H groups in total. The summed E-state index contributed by atoms with van der Waals surface area (Å²) in [6.45, 7) is 3.74. The number of carbonyl (C=O) groups excluding carboxylic acids is 1. The van der Waals surface area contributed by atoms with Gasteiger partial charge in [-0.15, -0.1) is 0 Å². The van der Waals surface area contributed by atoms with E-state index in [1.54, 1.807) is 4.40 Å². The third kappa shape index (κ3) is 2.04. The molecule has 0 amide bonds. The second kappa shape index (κ2) is 4.55. The molecule has 0 saturated carbocycles. The SMILES string of the molecule is Cc1nc(Sc2nc3ccccn3c2C=O)oc1C. The van der Waals surface area contributed by atoms with Gasteiger partial charge in [-0.25, -0.2) is 9.97 Å². The highest BCUT2D eigenvalue weighted by Crippen LogP contribution is 2.30. The Bertz CT molecular complexity index is 741. The minimum atomic E-state index is 0.501. The number of nitrogens with zero attached hydrogens (tertiary/aromatic N) is 3. The van der Waals surface area contributed by atoms with Gasteiger partial charge in [-0.2, -0.15) is 0 Å². The molecule has 6 heteroatoms. The van der Waals surface area contributed by atoms with Crippen molar-refractivity contribution in [2.24, 2.45) is 0 Å². The van der Waals surface area contributed by atoms with Crippen LogP contribution >= 0.6 is 11.8 Å². The molecule has 0 spiro atoms. The maximum atomic E-state index is 11.2. The van der Waals surface area contributed by atoms with Crippen LogP contribution in [-0.2, 0) is 0 Å². The summed E-state index contributed by atoms with van der Waals surface area (Å²) in [5.74, 6) is 0.777. The number of rotatable bonds is 3. The fourth-order valence-corrected chi connectivity index (χ4v) is 2.65. The number of carbonyl (C=O) groups is 1. The first-order valence-corrected chi connectivity index (χ1v) is 6.55. The van der Waals surface area contributed by atoms with E-state index >= 15 is 0 Å². The molecule has 0 aliphatic carbocycles. The van der Waals surface area contributed by atoms with E-state index in [9.17, 15) is 4.79 Å². The van der Waals surface area contributed by atoms with Gasteiger partial charge < -0.3 is 4.42 Å². The standard InChI is InChI=1S/C13H11N3O2S/c1-8-9(2)18-13(14-8)19-12-10(7-17)16-6-4-3-5-11(16)15-12/h3-7H,1-2H3. The molecule has 0 aliphatic heterocycles. The number of aryl methyl sites for hydroxylation is 2. The van der Waals surface area contributed by atoms with Gasteiger partial charge in [0.2, 0.25) is 0 Å². The highest BCUT2D eigenvalue weighted by atomic mass is 32.2. The number of fused-ring (bicyclic) bond motifs is 1. The molecule has 0 fully saturated rings. The van der Waals surface area contributed by atoms with Crippen LogP contribution in [0.2, 0.25) is 0 Å². The minimum absolute atomic E-state index is 0.501. The summed E-state index contributed by atoms with van der Waals surface area (Å²) >= 11 is 1.26. The fraction of sp³-hybridized carbons (Fsp3) is 0.154. The van der Waals surface area contributed by atoms with E-state index in [0.717, 1.165) is 23.4 Å². The Balaban J connectivity index is 2.07. The molecule has 3 aromatic rings. The number of pyridine rings is 1. The van der Waals surface area contributed by atoms with Gasteiger partial charge in [-0.1, -0.05) is 6.07 Å². The molecule has 0 aromatic carbocycles. The van der Waals surface area contributed by atoms with Crippen molar-refractivity contribution in [3.8, 4) is 0 Å². The first-order chi connectivity index (χ1) is 9.19. The van der Waals surface area contributed by atoms with Crippen molar-refractivity contribution in [1.29, 1.82) is 0 Å². The van der Waals surface area contributed by atoms with E-state index in [0.29, 0.717) is 15.9 Å². The lowest BCUT2D eigenvalue weighted by atomic mass is 10.4. The molecule has 0 aliphatic rings. The van der Waals surface area contributed by atoms with Gasteiger partial charge >= 0.3 is 0 Å². The lowest BCUT2D eigenvalue weighted by molar-refractivity contribution is 0.111. The second-order valence-corrected chi connectivity index (χ2v) is 5.01. The number of imidazole rings is 1. The monoisotopic (exact) mass is 273 g/mol. The highest BCUT2D eigenvalue weighted by molar-refractivity contribution is 7.99. The topological polar surface area (TPSA) is 60.4 Å². The quantitative estimate of drug-likeness (QED) is 0.687. The summed E-state index contributed by atoms with van der Waals surface area (Å²) in [6.07, 6.45) is 2.60. The van der Waals surface area contributed by atoms with Gasteiger partial charge in [-0.3, -0.25) is 9.20 Å². The number of aromatic nitrogens is 3. The Morgan fingerprint density at radius 2 is 2.16 bits per heavy atom. The summed E-state index contributed by atoms with van der Waals surface area (Å²) in [6, 6.07) is 5.59. The molecule has 0 bridgehead atoms. The van der Waals surface area contributed by atoms with Crippen molar-refractivity contribution in [2.45, 2.75) is 24.1 Å². The lowest BCUT2D eigenvalue weighted by Gasteiger charge is -1.94. The Labute approximate surface area is 113 Å². The smallest absolute Gasteiger partial charge is 0.262 e. The number of aldehydes is 1. The number of hydrogen-bond acceptors (Lipinski definition) is 5. The van der Waals surface area contributed by atoms with Crippen molar-refractivity contribution in [3.05, 3.63) is 41.5 Å². The Kier molecular flexibility index (Phi) is 2.87. The number of hydrogen-bond donors (Lipinski definition) is 0. The van der Waals surface area contributed by atoms with Crippen LogP contribution < -0.4 is 0 Å². The molecule has 0 saturated heterocycles. The normalized spacial score (nSPS) is 11.1. The van der Waals surface area contributed by atoms with Crippen LogP contribution in [0.25, 0.3) is 5.65 Å². The molecule has 0 atom stereocenters. The molecular weight excluding hydrogens is 262 g/mol. The molecular formula is C13H11N3O2S. The molecule has 3 heterocycles. The van der Waals surface area contributed by atoms with Gasteiger partial charge in [0.1, 0.15) is 22.1 Å². The second-order valence-electron chi connectivity index (χ2n) is 4.07. The molecule has 3 aromatic heterocycles. The average Bonchev–Trinajstić information content (AvgIpc) is 2.90. The molecule has 96 valence electrons. The first kappa shape index (κ1) is 12.0. The molecule has 3 rings (SSSR count). The van der Waals surface area contributed by atoms with Gasteiger partial charge in [0, 0.05) is 6.20 Å². The molecule has 0 unspecified atom stereocenters. The predicted octanol–water partition coefficient (Wildman–Crippen LogP) is 2.90. The van der Waals surface area contributed by atoms with Crippen molar-refractivity contribution >= 4 is 23.7 Å². The zero-order valence-electron chi connectivity index (χ0n) is 10.5. The molecule has 0 radical (unpaired) electrons. The van der Waals surface area contributed by atoms with Crippen molar-refractivity contribution in [1.82, 2.24) is 14.4 Å². The zero-order valence-corrected chi connectivity index (χ0v) is 11.3. The van der Waals surface area contributed by atoms with Crippen LogP contribution in [0.3, 0.4) is 0 Å². The summed E-state index contributed by atoms with van der Waals surface area (Å²) in [7, 11) is 0. The summed E-state index contributed by atoms with van der Waals surface area (Å²) in [4.78, 5) is 19.9. The maximum Gasteiger partial charge on any atom is 0.262 e. The van der Waals surface area contributed by atoms with Crippen LogP contribution in [-0.4, -0.2) is 20.7 Å². The van der Waals surface area contributed by atoms with E-state index in [4.69, 9.17) is 4.42 Å². The van der Waals surface area contributed by atoms with Crippen molar-refractivity contribution in [2.75, 3.05) is 0 Å². The van der Waals surface area contributed by atoms with Crippen LogP contribution in [0.1, 0.15) is 21.9 Å².